The van der Waals surface area contributed by atoms with E-state index in [0.29, 0.717) is 6.61 Å². The van der Waals surface area contributed by atoms with E-state index >= 15 is 0 Å². The zero-order chi connectivity index (χ0) is 13.4. The summed E-state index contributed by atoms with van der Waals surface area (Å²) in [5.74, 6) is 3.88. The van der Waals surface area contributed by atoms with Gasteiger partial charge in [-0.1, -0.05) is 32.4 Å². The van der Waals surface area contributed by atoms with Crippen molar-refractivity contribution in [1.82, 2.24) is 0 Å². The van der Waals surface area contributed by atoms with Gasteiger partial charge in [-0.15, -0.1) is 0 Å². The van der Waals surface area contributed by atoms with Crippen molar-refractivity contribution in [3.05, 3.63) is 29.8 Å². The maximum Gasteiger partial charge on any atom is 0.119 e. The van der Waals surface area contributed by atoms with Crippen LogP contribution >= 0.6 is 11.8 Å². The van der Waals surface area contributed by atoms with Crippen LogP contribution in [0.15, 0.2) is 24.3 Å². The van der Waals surface area contributed by atoms with Crippen LogP contribution in [0, 0.1) is 5.92 Å². The predicted molar refractivity (Wildman–Crippen MR) is 81.3 cm³/mol. The molecule has 1 aromatic rings. The topological polar surface area (TPSA) is 35.2 Å². The maximum absolute atomic E-state index is 6.19. The molecule has 0 saturated heterocycles. The highest BCUT2D eigenvalue weighted by Gasteiger charge is 2.07. The van der Waals surface area contributed by atoms with E-state index in [2.05, 4.69) is 26.0 Å². The van der Waals surface area contributed by atoms with Gasteiger partial charge in [0.15, 0.2) is 0 Å². The molecule has 0 aromatic heterocycles. The highest BCUT2D eigenvalue weighted by atomic mass is 32.2. The molecule has 2 atom stereocenters. The van der Waals surface area contributed by atoms with Gasteiger partial charge in [-0.2, -0.15) is 11.8 Å². The third kappa shape index (κ3) is 5.32. The number of benzene rings is 1. The summed E-state index contributed by atoms with van der Waals surface area (Å²) in [6.45, 7) is 7.22. The summed E-state index contributed by atoms with van der Waals surface area (Å²) in [6.07, 6.45) is 1.24. The molecule has 0 aliphatic carbocycles. The van der Waals surface area contributed by atoms with Crippen LogP contribution in [0.1, 0.15) is 38.8 Å². The molecule has 0 amide bonds. The number of hydrogen-bond acceptors (Lipinski definition) is 3. The summed E-state index contributed by atoms with van der Waals surface area (Å²) in [6, 6.07) is 8.25. The van der Waals surface area contributed by atoms with Gasteiger partial charge >= 0.3 is 0 Å². The van der Waals surface area contributed by atoms with Gasteiger partial charge in [0.1, 0.15) is 5.75 Å². The maximum atomic E-state index is 6.19. The summed E-state index contributed by atoms with van der Waals surface area (Å²) in [5, 5.41) is 0. The largest absolute Gasteiger partial charge is 0.494 e. The summed E-state index contributed by atoms with van der Waals surface area (Å²) in [7, 11) is 0. The summed E-state index contributed by atoms with van der Waals surface area (Å²) in [4.78, 5) is 0. The molecule has 0 heterocycles. The summed E-state index contributed by atoms with van der Waals surface area (Å²) in [5.41, 5.74) is 7.37. The van der Waals surface area contributed by atoms with Crippen LogP contribution in [-0.2, 0) is 0 Å². The standard InChI is InChI=1S/C15H25NOS/c1-4-12(3)10-18-11-15(16)13-6-8-14(9-7-13)17-5-2/h6-9,12,15H,4-5,10-11,16H2,1-3H3. The summed E-state index contributed by atoms with van der Waals surface area (Å²) < 4.78 is 5.42. The van der Waals surface area contributed by atoms with E-state index in [9.17, 15) is 0 Å². The lowest BCUT2D eigenvalue weighted by molar-refractivity contribution is 0.340. The van der Waals surface area contributed by atoms with E-state index in [0.717, 1.165) is 17.4 Å². The first kappa shape index (κ1) is 15.4. The highest BCUT2D eigenvalue weighted by molar-refractivity contribution is 7.99. The Labute approximate surface area is 115 Å². The van der Waals surface area contributed by atoms with Crippen LogP contribution in [0.4, 0.5) is 0 Å². The molecule has 0 aliphatic rings. The van der Waals surface area contributed by atoms with Crippen molar-refractivity contribution >= 4 is 11.8 Å². The Kier molecular flexibility index (Phi) is 7.21. The van der Waals surface area contributed by atoms with E-state index in [4.69, 9.17) is 10.5 Å². The fourth-order valence-corrected chi connectivity index (χ4v) is 2.81. The van der Waals surface area contributed by atoms with E-state index in [1.807, 2.05) is 30.8 Å². The molecule has 2 unspecified atom stereocenters. The van der Waals surface area contributed by atoms with E-state index in [1.54, 1.807) is 0 Å². The van der Waals surface area contributed by atoms with Crippen LogP contribution < -0.4 is 10.5 Å². The number of nitrogens with two attached hydrogens (primary N) is 1. The van der Waals surface area contributed by atoms with E-state index < -0.39 is 0 Å². The monoisotopic (exact) mass is 267 g/mol. The molecule has 0 saturated carbocycles. The van der Waals surface area contributed by atoms with Crippen molar-refractivity contribution in [3.63, 3.8) is 0 Å². The predicted octanol–water partition coefficient (Wildman–Crippen LogP) is 3.86. The Bertz CT molecular complexity index is 326. The second kappa shape index (κ2) is 8.44. The molecule has 0 spiro atoms. The number of thioether (sulfide) groups is 1. The second-order valence-corrected chi connectivity index (χ2v) is 5.73. The Morgan fingerprint density at radius 1 is 1.17 bits per heavy atom. The van der Waals surface area contributed by atoms with Crippen molar-refractivity contribution in [2.75, 3.05) is 18.1 Å². The van der Waals surface area contributed by atoms with Crippen molar-refractivity contribution in [3.8, 4) is 5.75 Å². The van der Waals surface area contributed by atoms with Gasteiger partial charge in [0, 0.05) is 11.8 Å². The lowest BCUT2D eigenvalue weighted by Gasteiger charge is -2.14. The molecule has 1 aromatic carbocycles. The SMILES string of the molecule is CCOc1ccc(C(N)CSCC(C)CC)cc1. The van der Waals surface area contributed by atoms with Crippen molar-refractivity contribution in [2.24, 2.45) is 11.7 Å². The van der Waals surface area contributed by atoms with Gasteiger partial charge in [-0.05, 0) is 36.3 Å². The quantitative estimate of drug-likeness (QED) is 0.776. The van der Waals surface area contributed by atoms with Gasteiger partial charge in [-0.25, -0.2) is 0 Å². The zero-order valence-corrected chi connectivity index (χ0v) is 12.5. The lowest BCUT2D eigenvalue weighted by atomic mass is 10.1. The second-order valence-electron chi connectivity index (χ2n) is 4.66. The molecule has 102 valence electrons. The number of ether oxygens (including phenoxy) is 1. The minimum atomic E-state index is 0.120. The Hall–Kier alpha value is -0.670. The van der Waals surface area contributed by atoms with Crippen molar-refractivity contribution < 1.29 is 4.74 Å². The molecule has 2 nitrogen and oxygen atoms in total. The molecule has 3 heteroatoms. The molecule has 2 N–H and O–H groups in total. The van der Waals surface area contributed by atoms with Crippen LogP contribution in [0.25, 0.3) is 0 Å². The van der Waals surface area contributed by atoms with Crippen molar-refractivity contribution in [1.29, 1.82) is 0 Å². The highest BCUT2D eigenvalue weighted by Crippen LogP contribution is 2.21. The Morgan fingerprint density at radius 2 is 1.83 bits per heavy atom. The third-order valence-corrected chi connectivity index (χ3v) is 4.42. The van der Waals surface area contributed by atoms with Crippen LogP contribution in [0.3, 0.4) is 0 Å². The van der Waals surface area contributed by atoms with Gasteiger partial charge in [0.05, 0.1) is 6.61 Å². The van der Waals surface area contributed by atoms with Crippen molar-refractivity contribution in [2.45, 2.75) is 33.2 Å². The van der Waals surface area contributed by atoms with Crippen LogP contribution in [0.5, 0.6) is 5.75 Å². The first-order chi connectivity index (χ1) is 8.67. The fraction of sp³-hybridized carbons (Fsp3) is 0.600. The van der Waals surface area contributed by atoms with Gasteiger partial charge in [0.2, 0.25) is 0 Å². The minimum Gasteiger partial charge on any atom is -0.494 e. The minimum absolute atomic E-state index is 0.120. The fourth-order valence-electron chi connectivity index (χ4n) is 1.59. The van der Waals surface area contributed by atoms with Crippen LogP contribution in [-0.4, -0.2) is 18.1 Å². The molecular formula is C15H25NOS. The third-order valence-electron chi connectivity index (χ3n) is 3.02. The van der Waals surface area contributed by atoms with Gasteiger partial charge in [0.25, 0.3) is 0 Å². The normalized spacial score (nSPS) is 14.2. The average molecular weight is 267 g/mol. The van der Waals surface area contributed by atoms with E-state index in [1.165, 1.54) is 17.7 Å². The molecule has 0 aliphatic heterocycles. The lowest BCUT2D eigenvalue weighted by Crippen LogP contribution is -2.14. The van der Waals surface area contributed by atoms with Crippen LogP contribution in [0.2, 0.25) is 0 Å². The summed E-state index contributed by atoms with van der Waals surface area (Å²) >= 11 is 1.95. The average Bonchev–Trinajstić information content (AvgIpc) is 2.39. The molecule has 0 bridgehead atoms. The smallest absolute Gasteiger partial charge is 0.119 e. The zero-order valence-electron chi connectivity index (χ0n) is 11.7. The van der Waals surface area contributed by atoms with E-state index in [-0.39, 0.29) is 6.04 Å². The Balaban J connectivity index is 2.39. The first-order valence-electron chi connectivity index (χ1n) is 6.73. The molecular weight excluding hydrogens is 242 g/mol. The van der Waals surface area contributed by atoms with Gasteiger partial charge in [-0.3, -0.25) is 0 Å². The molecule has 18 heavy (non-hydrogen) atoms. The number of hydrogen-bond donors (Lipinski definition) is 1. The Morgan fingerprint density at radius 3 is 2.39 bits per heavy atom. The molecule has 1 rings (SSSR count). The first-order valence-corrected chi connectivity index (χ1v) is 7.88. The van der Waals surface area contributed by atoms with Gasteiger partial charge < -0.3 is 10.5 Å². The molecule has 0 fully saturated rings. The number of rotatable bonds is 8. The molecule has 0 radical (unpaired) electrons.